The largest absolute Gasteiger partial charge is 0.496 e. The zero-order valence-electron chi connectivity index (χ0n) is 18.3. The third-order valence-corrected chi connectivity index (χ3v) is 6.47. The van der Waals surface area contributed by atoms with E-state index in [0.29, 0.717) is 12.7 Å². The van der Waals surface area contributed by atoms with Gasteiger partial charge in [0.25, 0.3) is 0 Å². The number of nitrogens with one attached hydrogen (secondary N) is 1. The van der Waals surface area contributed by atoms with Gasteiger partial charge in [0.15, 0.2) is 11.5 Å². The van der Waals surface area contributed by atoms with Gasteiger partial charge < -0.3 is 24.3 Å². The minimum atomic E-state index is 0.0572. The molecular formula is C25H33NO4. The monoisotopic (exact) mass is 411 g/mol. The minimum absolute atomic E-state index is 0.0572. The Labute approximate surface area is 179 Å². The third kappa shape index (κ3) is 4.42. The molecule has 30 heavy (non-hydrogen) atoms. The number of rotatable bonds is 8. The summed E-state index contributed by atoms with van der Waals surface area (Å²) in [4.78, 5) is 0. The molecule has 2 aromatic rings. The van der Waals surface area contributed by atoms with E-state index in [-0.39, 0.29) is 11.5 Å². The van der Waals surface area contributed by atoms with Crippen molar-refractivity contribution >= 4 is 0 Å². The van der Waals surface area contributed by atoms with Crippen LogP contribution in [0.25, 0.3) is 0 Å². The van der Waals surface area contributed by atoms with Crippen LogP contribution in [-0.4, -0.2) is 33.2 Å². The van der Waals surface area contributed by atoms with E-state index >= 15 is 0 Å². The third-order valence-electron chi connectivity index (χ3n) is 6.47. The number of para-hydroxylation sites is 1. The maximum atomic E-state index is 6.12. The zero-order chi connectivity index (χ0) is 21.0. The number of ether oxygens (including phenoxy) is 4. The van der Waals surface area contributed by atoms with Gasteiger partial charge in [0, 0.05) is 24.1 Å². The van der Waals surface area contributed by atoms with Gasteiger partial charge in [-0.15, -0.1) is 0 Å². The first-order chi connectivity index (χ1) is 14.6. The fourth-order valence-electron chi connectivity index (χ4n) is 4.68. The lowest BCUT2D eigenvalue weighted by atomic mass is 9.68. The molecule has 0 unspecified atom stereocenters. The van der Waals surface area contributed by atoms with Gasteiger partial charge >= 0.3 is 0 Å². The molecule has 5 nitrogen and oxygen atoms in total. The lowest BCUT2D eigenvalue weighted by molar-refractivity contribution is -0.0473. The molecule has 1 N–H and O–H groups in total. The summed E-state index contributed by atoms with van der Waals surface area (Å²) in [6, 6.07) is 14.6. The molecule has 2 aromatic carbocycles. The number of benzene rings is 2. The van der Waals surface area contributed by atoms with E-state index < -0.39 is 0 Å². The molecule has 0 amide bonds. The van der Waals surface area contributed by atoms with Crippen molar-refractivity contribution in [3.8, 4) is 17.2 Å². The summed E-state index contributed by atoms with van der Waals surface area (Å²) >= 11 is 0. The molecule has 0 bridgehead atoms. The predicted molar refractivity (Wildman–Crippen MR) is 117 cm³/mol. The van der Waals surface area contributed by atoms with E-state index in [1.54, 1.807) is 7.11 Å². The number of fused-ring (bicyclic) bond motifs is 1. The highest BCUT2D eigenvalue weighted by Crippen LogP contribution is 2.45. The summed E-state index contributed by atoms with van der Waals surface area (Å²) in [5.74, 6) is 3.15. The van der Waals surface area contributed by atoms with Gasteiger partial charge in [-0.25, -0.2) is 0 Å². The molecule has 162 valence electrons. The Bertz CT molecular complexity index is 853. The second-order valence-electron chi connectivity index (χ2n) is 8.70. The van der Waals surface area contributed by atoms with Crippen LogP contribution >= 0.6 is 0 Å². The lowest BCUT2D eigenvalue weighted by Crippen LogP contribution is -2.42. The van der Waals surface area contributed by atoms with Crippen LogP contribution in [0, 0.1) is 5.92 Å². The average molecular weight is 412 g/mol. The smallest absolute Gasteiger partial charge is 0.231 e. The summed E-state index contributed by atoms with van der Waals surface area (Å²) in [7, 11) is 1.77. The van der Waals surface area contributed by atoms with Crippen LogP contribution in [0.3, 0.4) is 0 Å². The van der Waals surface area contributed by atoms with Crippen molar-refractivity contribution < 1.29 is 18.9 Å². The molecule has 1 saturated heterocycles. The fourth-order valence-corrected chi connectivity index (χ4v) is 4.68. The van der Waals surface area contributed by atoms with E-state index in [1.807, 2.05) is 12.1 Å². The number of methoxy groups -OCH3 is 1. The highest BCUT2D eigenvalue weighted by Gasteiger charge is 2.40. The molecule has 2 aliphatic rings. The van der Waals surface area contributed by atoms with Crippen molar-refractivity contribution in [1.82, 2.24) is 5.32 Å². The van der Waals surface area contributed by atoms with Gasteiger partial charge in [0.05, 0.1) is 13.2 Å². The SMILES string of the molecule is COc1ccccc1[C@]1(CCNCc2ccc3c(c2)OCO3)CCO[C@H](C(C)C)C1. The maximum absolute atomic E-state index is 6.12. The summed E-state index contributed by atoms with van der Waals surface area (Å²) < 4.78 is 22.8. The Morgan fingerprint density at radius 1 is 1.13 bits per heavy atom. The van der Waals surface area contributed by atoms with Crippen molar-refractivity contribution in [3.63, 3.8) is 0 Å². The molecule has 2 atom stereocenters. The van der Waals surface area contributed by atoms with Crippen LogP contribution in [0.5, 0.6) is 17.2 Å². The minimum Gasteiger partial charge on any atom is -0.496 e. The van der Waals surface area contributed by atoms with Crippen LogP contribution in [-0.2, 0) is 16.7 Å². The van der Waals surface area contributed by atoms with Gasteiger partial charge in [-0.2, -0.15) is 0 Å². The van der Waals surface area contributed by atoms with Gasteiger partial charge in [-0.05, 0) is 55.5 Å². The Morgan fingerprint density at radius 3 is 2.80 bits per heavy atom. The van der Waals surface area contributed by atoms with E-state index in [0.717, 1.165) is 56.2 Å². The van der Waals surface area contributed by atoms with E-state index in [9.17, 15) is 0 Å². The van der Waals surface area contributed by atoms with Crippen molar-refractivity contribution in [2.75, 3.05) is 27.1 Å². The topological polar surface area (TPSA) is 49.0 Å². The van der Waals surface area contributed by atoms with Crippen molar-refractivity contribution in [1.29, 1.82) is 0 Å². The summed E-state index contributed by atoms with van der Waals surface area (Å²) in [6.45, 7) is 7.34. The number of hydrogen-bond acceptors (Lipinski definition) is 5. The highest BCUT2D eigenvalue weighted by molar-refractivity contribution is 5.44. The Morgan fingerprint density at radius 2 is 1.97 bits per heavy atom. The van der Waals surface area contributed by atoms with Gasteiger partial charge in [0.1, 0.15) is 5.75 Å². The quantitative estimate of drug-likeness (QED) is 0.640. The van der Waals surface area contributed by atoms with Crippen LogP contribution in [0.1, 0.15) is 44.2 Å². The molecule has 4 rings (SSSR count). The summed E-state index contributed by atoms with van der Waals surface area (Å²) in [6.07, 6.45) is 3.36. The van der Waals surface area contributed by atoms with Crippen molar-refractivity contribution in [2.24, 2.45) is 5.92 Å². The zero-order valence-corrected chi connectivity index (χ0v) is 18.3. The summed E-state index contributed by atoms with van der Waals surface area (Å²) in [5, 5.41) is 3.64. The second-order valence-corrected chi connectivity index (χ2v) is 8.70. The first-order valence-electron chi connectivity index (χ1n) is 11.0. The first kappa shape index (κ1) is 21.0. The second kappa shape index (κ2) is 9.27. The molecule has 1 fully saturated rings. The van der Waals surface area contributed by atoms with Gasteiger partial charge in [-0.1, -0.05) is 38.1 Å². The van der Waals surface area contributed by atoms with Crippen LogP contribution in [0.15, 0.2) is 42.5 Å². The van der Waals surface area contributed by atoms with Crippen LogP contribution in [0.2, 0.25) is 0 Å². The van der Waals surface area contributed by atoms with Gasteiger partial charge in [0.2, 0.25) is 6.79 Å². The molecule has 5 heteroatoms. The Kier molecular flexibility index (Phi) is 6.49. The normalized spacial score (nSPS) is 23.0. The van der Waals surface area contributed by atoms with Crippen molar-refractivity contribution in [3.05, 3.63) is 53.6 Å². The van der Waals surface area contributed by atoms with E-state index in [4.69, 9.17) is 18.9 Å². The molecule has 0 spiro atoms. The van der Waals surface area contributed by atoms with Crippen LogP contribution < -0.4 is 19.5 Å². The molecule has 2 aliphatic heterocycles. The fraction of sp³-hybridized carbons (Fsp3) is 0.520. The maximum Gasteiger partial charge on any atom is 0.231 e. The number of hydrogen-bond donors (Lipinski definition) is 1. The molecule has 0 aromatic heterocycles. The van der Waals surface area contributed by atoms with Crippen LogP contribution in [0.4, 0.5) is 0 Å². The first-order valence-corrected chi connectivity index (χ1v) is 11.0. The average Bonchev–Trinajstić information content (AvgIpc) is 3.25. The van der Waals surface area contributed by atoms with Gasteiger partial charge in [-0.3, -0.25) is 0 Å². The molecule has 2 heterocycles. The lowest BCUT2D eigenvalue weighted by Gasteiger charge is -2.43. The molecule has 0 radical (unpaired) electrons. The van der Waals surface area contributed by atoms with Crippen molar-refractivity contribution in [2.45, 2.75) is 51.2 Å². The molecular weight excluding hydrogens is 378 g/mol. The predicted octanol–water partition coefficient (Wildman–Crippen LogP) is 4.68. The molecule has 0 saturated carbocycles. The summed E-state index contributed by atoms with van der Waals surface area (Å²) in [5.41, 5.74) is 2.57. The van der Waals surface area contributed by atoms with E-state index in [1.165, 1.54) is 11.1 Å². The standard InChI is InChI=1S/C25H33NO4/c1-18(2)24-15-25(11-13-28-24,20-6-4-5-7-21(20)27-3)10-12-26-16-19-8-9-22-23(14-19)30-17-29-22/h4-9,14,18,24,26H,10-13,15-17H2,1-3H3/t24-,25+/m0/s1. The van der Waals surface area contributed by atoms with E-state index in [2.05, 4.69) is 49.5 Å². The highest BCUT2D eigenvalue weighted by atomic mass is 16.7. The Hall–Kier alpha value is -2.24. The Balaban J connectivity index is 1.46. The molecule has 0 aliphatic carbocycles.